The summed E-state index contributed by atoms with van der Waals surface area (Å²) in [5.41, 5.74) is 6.98. The van der Waals surface area contributed by atoms with Crippen molar-refractivity contribution in [3.63, 3.8) is 0 Å². The third-order valence-corrected chi connectivity index (χ3v) is 2.65. The molecule has 0 fully saturated rings. The highest BCUT2D eigenvalue weighted by atomic mass is 16.1. The molecule has 18 heavy (non-hydrogen) atoms. The second kappa shape index (κ2) is 3.69. The Balaban J connectivity index is 2.42. The van der Waals surface area contributed by atoms with Gasteiger partial charge in [0.1, 0.15) is 0 Å². The minimum atomic E-state index is -0.225. The second-order valence-corrected chi connectivity index (χ2v) is 3.98. The van der Waals surface area contributed by atoms with Gasteiger partial charge in [-0.1, -0.05) is 18.2 Å². The van der Waals surface area contributed by atoms with E-state index < -0.39 is 0 Å². The smallest absolute Gasteiger partial charge is 0.262 e. The molecule has 6 heteroatoms. The van der Waals surface area contributed by atoms with E-state index in [2.05, 4.69) is 10.1 Å². The topological polar surface area (TPSA) is 78.2 Å². The largest absolute Gasteiger partial charge is 0.368 e. The van der Waals surface area contributed by atoms with Crippen LogP contribution in [-0.2, 0) is 0 Å². The van der Waals surface area contributed by atoms with Gasteiger partial charge in [-0.2, -0.15) is 4.68 Å². The van der Waals surface area contributed by atoms with Crippen LogP contribution in [0.15, 0.2) is 41.2 Å². The van der Waals surface area contributed by atoms with Gasteiger partial charge < -0.3 is 5.73 Å². The molecule has 2 aromatic heterocycles. The minimum absolute atomic E-state index is 0.131. The van der Waals surface area contributed by atoms with Gasteiger partial charge in [0.05, 0.1) is 5.69 Å². The highest BCUT2D eigenvalue weighted by molar-refractivity contribution is 5.46. The van der Waals surface area contributed by atoms with Crippen LogP contribution in [0.4, 0.5) is 5.95 Å². The Hall–Kier alpha value is -2.63. The van der Waals surface area contributed by atoms with E-state index in [9.17, 15) is 4.79 Å². The zero-order chi connectivity index (χ0) is 12.7. The molecule has 6 nitrogen and oxygen atoms in total. The number of nitrogens with zero attached hydrogens (tertiary/aromatic N) is 4. The molecule has 90 valence electrons. The normalized spacial score (nSPS) is 10.9. The van der Waals surface area contributed by atoms with Crippen molar-refractivity contribution in [2.75, 3.05) is 5.73 Å². The average Bonchev–Trinajstić information content (AvgIpc) is 2.67. The van der Waals surface area contributed by atoms with Crippen molar-refractivity contribution in [1.82, 2.24) is 19.2 Å². The third kappa shape index (κ3) is 1.46. The monoisotopic (exact) mass is 241 g/mol. The van der Waals surface area contributed by atoms with Gasteiger partial charge in [-0.15, -0.1) is 5.10 Å². The first-order valence-electron chi connectivity index (χ1n) is 5.47. The van der Waals surface area contributed by atoms with Crippen molar-refractivity contribution in [2.45, 2.75) is 6.92 Å². The summed E-state index contributed by atoms with van der Waals surface area (Å²) in [7, 11) is 0. The molecule has 0 unspecified atom stereocenters. The molecule has 0 amide bonds. The number of anilines is 1. The molecule has 0 saturated carbocycles. The average molecular weight is 241 g/mol. The summed E-state index contributed by atoms with van der Waals surface area (Å²) < 4.78 is 2.85. The summed E-state index contributed by atoms with van der Waals surface area (Å²) in [5, 5.41) is 4.16. The van der Waals surface area contributed by atoms with Gasteiger partial charge in [0.25, 0.3) is 5.56 Å². The summed E-state index contributed by atoms with van der Waals surface area (Å²) in [5.74, 6) is 0.551. The van der Waals surface area contributed by atoms with Gasteiger partial charge in [-0.05, 0) is 19.1 Å². The van der Waals surface area contributed by atoms with Gasteiger partial charge in [0.2, 0.25) is 11.7 Å². The number of para-hydroxylation sites is 1. The van der Waals surface area contributed by atoms with Crippen molar-refractivity contribution >= 4 is 11.7 Å². The van der Waals surface area contributed by atoms with E-state index in [-0.39, 0.29) is 11.5 Å². The number of fused-ring (bicyclic) bond motifs is 1. The Morgan fingerprint density at radius 1 is 1.22 bits per heavy atom. The number of aryl methyl sites for hydroxylation is 1. The third-order valence-electron chi connectivity index (χ3n) is 2.65. The maximum atomic E-state index is 11.9. The van der Waals surface area contributed by atoms with Crippen LogP contribution < -0.4 is 11.3 Å². The number of nitrogen functional groups attached to an aromatic ring is 1. The van der Waals surface area contributed by atoms with E-state index in [1.807, 2.05) is 30.3 Å². The first-order valence-corrected chi connectivity index (χ1v) is 5.47. The highest BCUT2D eigenvalue weighted by Gasteiger charge is 2.12. The standard InChI is InChI=1S/C12H11N5O/c1-8-7-10(18)16-11(13)15-17(12(16)14-8)9-5-3-2-4-6-9/h2-7H,1H3,(H2,13,15). The van der Waals surface area contributed by atoms with E-state index in [0.29, 0.717) is 11.5 Å². The Bertz CT molecular complexity index is 772. The minimum Gasteiger partial charge on any atom is -0.368 e. The lowest BCUT2D eigenvalue weighted by Crippen LogP contribution is -2.16. The fourth-order valence-electron chi connectivity index (χ4n) is 1.87. The highest BCUT2D eigenvalue weighted by Crippen LogP contribution is 2.12. The van der Waals surface area contributed by atoms with Crippen LogP contribution in [0.2, 0.25) is 0 Å². The van der Waals surface area contributed by atoms with E-state index >= 15 is 0 Å². The zero-order valence-electron chi connectivity index (χ0n) is 9.74. The summed E-state index contributed by atoms with van der Waals surface area (Å²) in [6, 6.07) is 10.9. The maximum Gasteiger partial charge on any atom is 0.262 e. The number of benzene rings is 1. The van der Waals surface area contributed by atoms with Gasteiger partial charge in [-0.3, -0.25) is 4.79 Å². The molecule has 0 aliphatic rings. The maximum absolute atomic E-state index is 11.9. The Morgan fingerprint density at radius 2 is 1.94 bits per heavy atom. The fourth-order valence-corrected chi connectivity index (χ4v) is 1.87. The molecule has 0 saturated heterocycles. The number of hydrogen-bond donors (Lipinski definition) is 1. The van der Waals surface area contributed by atoms with E-state index in [1.165, 1.54) is 10.5 Å². The van der Waals surface area contributed by atoms with Crippen LogP contribution >= 0.6 is 0 Å². The zero-order valence-corrected chi connectivity index (χ0v) is 9.74. The van der Waals surface area contributed by atoms with Crippen molar-refractivity contribution < 1.29 is 0 Å². The molecule has 3 aromatic rings. The quantitative estimate of drug-likeness (QED) is 0.682. The lowest BCUT2D eigenvalue weighted by molar-refractivity contribution is 0.894. The van der Waals surface area contributed by atoms with Gasteiger partial charge >= 0.3 is 0 Å². The van der Waals surface area contributed by atoms with E-state index in [0.717, 1.165) is 5.69 Å². The molecule has 0 bridgehead atoms. The fraction of sp³-hybridized carbons (Fsp3) is 0.0833. The molecular formula is C12H11N5O. The van der Waals surface area contributed by atoms with Crippen LogP contribution in [-0.4, -0.2) is 19.2 Å². The van der Waals surface area contributed by atoms with Crippen LogP contribution in [0.5, 0.6) is 0 Å². The lowest BCUT2D eigenvalue weighted by Gasteiger charge is -2.01. The Morgan fingerprint density at radius 3 is 2.67 bits per heavy atom. The molecular weight excluding hydrogens is 230 g/mol. The predicted molar refractivity (Wildman–Crippen MR) is 67.7 cm³/mol. The number of nitrogens with two attached hydrogens (primary N) is 1. The number of aromatic nitrogens is 4. The first-order chi connectivity index (χ1) is 8.66. The Labute approximate surface area is 102 Å². The predicted octanol–water partition coefficient (Wildman–Crippen LogP) is 0.771. The van der Waals surface area contributed by atoms with Gasteiger partial charge in [0, 0.05) is 11.8 Å². The van der Waals surface area contributed by atoms with Gasteiger partial charge in [0.15, 0.2) is 0 Å². The SMILES string of the molecule is Cc1cc(=O)n2c(N)nn(-c3ccccc3)c2n1. The van der Waals surface area contributed by atoms with Crippen LogP contribution in [0.25, 0.3) is 11.5 Å². The molecule has 0 radical (unpaired) electrons. The number of hydrogen-bond acceptors (Lipinski definition) is 4. The molecule has 0 aliphatic heterocycles. The molecule has 1 aromatic carbocycles. The van der Waals surface area contributed by atoms with Crippen LogP contribution in [0.1, 0.15) is 5.69 Å². The van der Waals surface area contributed by atoms with Crippen molar-refractivity contribution in [3.05, 3.63) is 52.4 Å². The lowest BCUT2D eigenvalue weighted by atomic mass is 10.3. The van der Waals surface area contributed by atoms with E-state index in [4.69, 9.17) is 5.73 Å². The van der Waals surface area contributed by atoms with Gasteiger partial charge in [-0.25, -0.2) is 9.38 Å². The summed E-state index contributed by atoms with van der Waals surface area (Å²) >= 11 is 0. The summed E-state index contributed by atoms with van der Waals surface area (Å²) in [4.78, 5) is 16.2. The number of rotatable bonds is 1. The molecule has 3 rings (SSSR count). The molecule has 0 aliphatic carbocycles. The van der Waals surface area contributed by atoms with Crippen LogP contribution in [0, 0.1) is 6.92 Å². The summed E-state index contributed by atoms with van der Waals surface area (Å²) in [6.07, 6.45) is 0. The summed E-state index contributed by atoms with van der Waals surface area (Å²) in [6.45, 7) is 1.76. The molecule has 0 spiro atoms. The first kappa shape index (κ1) is 10.5. The van der Waals surface area contributed by atoms with E-state index in [1.54, 1.807) is 11.6 Å². The van der Waals surface area contributed by atoms with Crippen molar-refractivity contribution in [2.24, 2.45) is 0 Å². The molecule has 2 N–H and O–H groups in total. The molecule has 0 atom stereocenters. The van der Waals surface area contributed by atoms with Crippen molar-refractivity contribution in [3.8, 4) is 5.69 Å². The molecule has 2 heterocycles. The van der Waals surface area contributed by atoms with Crippen LogP contribution in [0.3, 0.4) is 0 Å². The second-order valence-electron chi connectivity index (χ2n) is 3.98. The van der Waals surface area contributed by atoms with Crippen molar-refractivity contribution in [1.29, 1.82) is 0 Å². The Kier molecular flexibility index (Phi) is 2.16.